The zero-order valence-electron chi connectivity index (χ0n) is 15.8. The fraction of sp³-hybridized carbons (Fsp3) is 0.190. The van der Waals surface area contributed by atoms with Crippen LogP contribution in [0.15, 0.2) is 53.1 Å². The quantitative estimate of drug-likeness (QED) is 0.518. The zero-order valence-corrected chi connectivity index (χ0v) is 15.8. The van der Waals surface area contributed by atoms with Crippen molar-refractivity contribution in [3.8, 4) is 11.5 Å². The molecule has 1 aromatic heterocycles. The number of amides is 1. The monoisotopic (exact) mass is 380 g/mol. The molecule has 0 aliphatic heterocycles. The van der Waals surface area contributed by atoms with Crippen LogP contribution in [0.2, 0.25) is 0 Å². The number of para-hydroxylation sites is 1. The van der Waals surface area contributed by atoms with Crippen molar-refractivity contribution in [2.45, 2.75) is 20.3 Å². The third-order valence-electron chi connectivity index (χ3n) is 4.20. The van der Waals surface area contributed by atoms with Gasteiger partial charge in [0.25, 0.3) is 5.91 Å². The van der Waals surface area contributed by atoms with Crippen molar-refractivity contribution in [1.29, 1.82) is 0 Å². The number of carbonyl (C=O) groups excluding carboxylic acids is 2. The molecule has 1 heterocycles. The average Bonchev–Trinajstić information content (AvgIpc) is 3.01. The number of benzene rings is 2. The number of carbonyl (C=O) groups is 2. The Morgan fingerprint density at radius 1 is 1.07 bits per heavy atom. The molecule has 0 saturated heterocycles. The molecule has 0 fully saturated rings. The van der Waals surface area contributed by atoms with Crippen molar-refractivity contribution in [1.82, 2.24) is 5.16 Å². The van der Waals surface area contributed by atoms with Gasteiger partial charge in [-0.25, -0.2) is 0 Å². The number of esters is 1. The minimum absolute atomic E-state index is 0.0768. The lowest BCUT2D eigenvalue weighted by atomic mass is 10.1. The highest BCUT2D eigenvalue weighted by Gasteiger charge is 2.15. The van der Waals surface area contributed by atoms with Gasteiger partial charge in [-0.05, 0) is 50.2 Å². The third kappa shape index (κ3) is 4.37. The highest BCUT2D eigenvalue weighted by molar-refractivity contribution is 6.06. The smallest absolute Gasteiger partial charge is 0.315 e. The van der Waals surface area contributed by atoms with E-state index in [-0.39, 0.29) is 12.3 Å². The van der Waals surface area contributed by atoms with Crippen molar-refractivity contribution in [2.24, 2.45) is 0 Å². The van der Waals surface area contributed by atoms with Gasteiger partial charge in [-0.2, -0.15) is 0 Å². The highest BCUT2D eigenvalue weighted by atomic mass is 16.5. The summed E-state index contributed by atoms with van der Waals surface area (Å²) < 4.78 is 15.6. The van der Waals surface area contributed by atoms with Crippen molar-refractivity contribution in [3.63, 3.8) is 0 Å². The van der Waals surface area contributed by atoms with Gasteiger partial charge < -0.3 is 19.3 Å². The number of rotatable bonds is 6. The van der Waals surface area contributed by atoms with Gasteiger partial charge in [0.1, 0.15) is 17.3 Å². The summed E-state index contributed by atoms with van der Waals surface area (Å²) in [4.78, 5) is 24.5. The maximum Gasteiger partial charge on any atom is 0.315 e. The fourth-order valence-electron chi connectivity index (χ4n) is 2.70. The Morgan fingerprint density at radius 3 is 2.43 bits per heavy atom. The molecular weight excluding hydrogens is 360 g/mol. The molecule has 3 aromatic rings. The Kier molecular flexibility index (Phi) is 5.74. The largest absolute Gasteiger partial charge is 0.496 e. The van der Waals surface area contributed by atoms with Gasteiger partial charge in [0, 0.05) is 11.3 Å². The fourth-order valence-corrected chi connectivity index (χ4v) is 2.70. The molecule has 0 bridgehead atoms. The van der Waals surface area contributed by atoms with Crippen LogP contribution in [0.5, 0.6) is 11.5 Å². The first kappa shape index (κ1) is 19.2. The second kappa shape index (κ2) is 8.39. The van der Waals surface area contributed by atoms with Gasteiger partial charge in [-0.15, -0.1) is 0 Å². The second-order valence-corrected chi connectivity index (χ2v) is 6.13. The molecule has 0 unspecified atom stereocenters. The Labute approximate surface area is 162 Å². The van der Waals surface area contributed by atoms with E-state index in [1.54, 1.807) is 62.4 Å². The summed E-state index contributed by atoms with van der Waals surface area (Å²) in [5.41, 5.74) is 2.40. The van der Waals surface area contributed by atoms with Gasteiger partial charge in [0.05, 0.1) is 24.8 Å². The first-order chi connectivity index (χ1) is 13.5. The number of aryl methyl sites for hydroxylation is 2. The van der Waals surface area contributed by atoms with E-state index in [1.165, 1.54) is 7.11 Å². The minimum Gasteiger partial charge on any atom is -0.496 e. The molecule has 7 nitrogen and oxygen atoms in total. The lowest BCUT2D eigenvalue weighted by Crippen LogP contribution is -2.14. The molecule has 0 atom stereocenters. The SMILES string of the molecule is COc1ccccc1C(=O)Nc1ccc(OC(=O)Cc2c(C)noc2C)cc1. The number of hydrogen-bond donors (Lipinski definition) is 1. The number of methoxy groups -OCH3 is 1. The van der Waals surface area contributed by atoms with Crippen LogP contribution in [0.3, 0.4) is 0 Å². The van der Waals surface area contributed by atoms with Crippen LogP contribution in [0.1, 0.15) is 27.4 Å². The van der Waals surface area contributed by atoms with Crippen LogP contribution in [-0.2, 0) is 11.2 Å². The van der Waals surface area contributed by atoms with Crippen molar-refractivity contribution in [3.05, 3.63) is 71.1 Å². The van der Waals surface area contributed by atoms with E-state index in [0.717, 1.165) is 5.56 Å². The van der Waals surface area contributed by atoms with E-state index in [4.69, 9.17) is 14.0 Å². The maximum absolute atomic E-state index is 12.4. The maximum atomic E-state index is 12.4. The van der Waals surface area contributed by atoms with Gasteiger partial charge in [0.15, 0.2) is 0 Å². The summed E-state index contributed by atoms with van der Waals surface area (Å²) in [6, 6.07) is 13.5. The normalized spacial score (nSPS) is 10.4. The molecule has 0 spiro atoms. The van der Waals surface area contributed by atoms with Crippen LogP contribution < -0.4 is 14.8 Å². The topological polar surface area (TPSA) is 90.7 Å². The summed E-state index contributed by atoms with van der Waals surface area (Å²) in [6.07, 6.45) is 0.0768. The summed E-state index contributed by atoms with van der Waals surface area (Å²) >= 11 is 0. The number of ether oxygens (including phenoxy) is 2. The summed E-state index contributed by atoms with van der Waals surface area (Å²) in [5, 5.41) is 6.61. The first-order valence-corrected chi connectivity index (χ1v) is 8.64. The molecule has 1 N–H and O–H groups in total. The lowest BCUT2D eigenvalue weighted by Gasteiger charge is -2.10. The third-order valence-corrected chi connectivity index (χ3v) is 4.20. The van der Waals surface area contributed by atoms with E-state index >= 15 is 0 Å². The van der Waals surface area contributed by atoms with Gasteiger partial charge in [-0.3, -0.25) is 9.59 Å². The molecule has 3 rings (SSSR count). The van der Waals surface area contributed by atoms with Crippen LogP contribution in [0.4, 0.5) is 5.69 Å². The van der Waals surface area contributed by atoms with E-state index < -0.39 is 5.97 Å². The van der Waals surface area contributed by atoms with E-state index in [2.05, 4.69) is 10.5 Å². The predicted octanol–water partition coefficient (Wildman–Crippen LogP) is 3.70. The highest BCUT2D eigenvalue weighted by Crippen LogP contribution is 2.21. The van der Waals surface area contributed by atoms with E-state index in [9.17, 15) is 9.59 Å². The number of hydrogen-bond acceptors (Lipinski definition) is 6. The molecule has 1 amide bonds. The molecule has 7 heteroatoms. The molecule has 2 aromatic carbocycles. The van der Waals surface area contributed by atoms with Gasteiger partial charge in [-0.1, -0.05) is 17.3 Å². The van der Waals surface area contributed by atoms with E-state index in [0.29, 0.717) is 34.2 Å². The van der Waals surface area contributed by atoms with Gasteiger partial charge >= 0.3 is 5.97 Å². The number of anilines is 1. The number of nitrogens with zero attached hydrogens (tertiary/aromatic N) is 1. The van der Waals surface area contributed by atoms with Crippen molar-refractivity contribution in [2.75, 3.05) is 12.4 Å². The van der Waals surface area contributed by atoms with Crippen LogP contribution in [-0.4, -0.2) is 24.1 Å². The molecule has 0 aliphatic carbocycles. The number of nitrogens with one attached hydrogen (secondary N) is 1. The Hall–Kier alpha value is -3.61. The van der Waals surface area contributed by atoms with E-state index in [1.807, 2.05) is 0 Å². The minimum atomic E-state index is -0.416. The standard InChI is InChI=1S/C21H20N2O5/c1-13-18(14(2)28-23-13)12-20(24)27-16-10-8-15(9-11-16)22-21(25)17-6-4-5-7-19(17)26-3/h4-11H,12H2,1-3H3,(H,22,25). The molecule has 0 saturated carbocycles. The van der Waals surface area contributed by atoms with Crippen molar-refractivity contribution < 1.29 is 23.6 Å². The van der Waals surface area contributed by atoms with Crippen molar-refractivity contribution >= 4 is 17.6 Å². The van der Waals surface area contributed by atoms with Crippen LogP contribution in [0, 0.1) is 13.8 Å². The average molecular weight is 380 g/mol. The summed E-state index contributed by atoms with van der Waals surface area (Å²) in [5.74, 6) is 0.765. The molecule has 0 radical (unpaired) electrons. The summed E-state index contributed by atoms with van der Waals surface area (Å²) in [7, 11) is 1.51. The van der Waals surface area contributed by atoms with Gasteiger partial charge in [0.2, 0.25) is 0 Å². The van der Waals surface area contributed by atoms with Crippen LogP contribution in [0.25, 0.3) is 0 Å². The molecule has 0 aliphatic rings. The van der Waals surface area contributed by atoms with Crippen LogP contribution >= 0.6 is 0 Å². The molecule has 144 valence electrons. The summed E-state index contributed by atoms with van der Waals surface area (Å²) in [6.45, 7) is 3.53. The Morgan fingerprint density at radius 2 is 1.79 bits per heavy atom. The predicted molar refractivity (Wildman–Crippen MR) is 103 cm³/mol. The Balaban J connectivity index is 1.62. The lowest BCUT2D eigenvalue weighted by molar-refractivity contribution is -0.133. The Bertz CT molecular complexity index is 973. The zero-order chi connectivity index (χ0) is 20.1. The number of aromatic nitrogens is 1. The second-order valence-electron chi connectivity index (χ2n) is 6.13. The first-order valence-electron chi connectivity index (χ1n) is 8.64. The molecule has 28 heavy (non-hydrogen) atoms. The molecular formula is C21H20N2O5.